The largest absolute Gasteiger partial charge is 0.391 e. The molecule has 0 saturated heterocycles. The molecule has 1 rings (SSSR count). The number of pyridine rings is 1. The maximum Gasteiger partial charge on any atom is 0.251 e. The van der Waals surface area contributed by atoms with Crippen LogP contribution in [0.3, 0.4) is 0 Å². The molecule has 0 spiro atoms. The van der Waals surface area contributed by atoms with Gasteiger partial charge in [0.2, 0.25) is 0 Å². The van der Waals surface area contributed by atoms with Gasteiger partial charge in [-0.3, -0.25) is 9.78 Å². The molecule has 1 heterocycles. The number of nitrogens with zero attached hydrogens (tertiary/aromatic N) is 1. The molecule has 1 aromatic rings. The summed E-state index contributed by atoms with van der Waals surface area (Å²) in [7, 11) is 0. The smallest absolute Gasteiger partial charge is 0.251 e. The van der Waals surface area contributed by atoms with Crippen LogP contribution in [0.15, 0.2) is 18.3 Å². The average molecular weight is 208 g/mol. The maximum atomic E-state index is 11.6. The van der Waals surface area contributed by atoms with Crippen molar-refractivity contribution in [1.82, 2.24) is 10.3 Å². The van der Waals surface area contributed by atoms with E-state index in [2.05, 4.69) is 10.3 Å². The Kier molecular flexibility index (Phi) is 4.24. The second-order valence-corrected chi connectivity index (χ2v) is 3.46. The molecule has 0 aliphatic rings. The van der Waals surface area contributed by atoms with Crippen LogP contribution in [0.4, 0.5) is 0 Å². The van der Waals surface area contributed by atoms with Gasteiger partial charge in [0.05, 0.1) is 6.10 Å². The SMILES string of the molecule is CC[C@@H](O)CNC(=O)c1ccnc(C)c1. The highest BCUT2D eigenvalue weighted by molar-refractivity contribution is 5.94. The van der Waals surface area contributed by atoms with Gasteiger partial charge < -0.3 is 10.4 Å². The minimum Gasteiger partial charge on any atom is -0.391 e. The summed E-state index contributed by atoms with van der Waals surface area (Å²) < 4.78 is 0. The molecule has 0 unspecified atom stereocenters. The van der Waals surface area contributed by atoms with Crippen molar-refractivity contribution in [2.24, 2.45) is 0 Å². The topological polar surface area (TPSA) is 62.2 Å². The van der Waals surface area contributed by atoms with Crippen molar-refractivity contribution in [3.05, 3.63) is 29.6 Å². The Morgan fingerprint density at radius 3 is 3.00 bits per heavy atom. The van der Waals surface area contributed by atoms with E-state index in [4.69, 9.17) is 0 Å². The number of aliphatic hydroxyl groups excluding tert-OH is 1. The first-order valence-corrected chi connectivity index (χ1v) is 5.02. The Bertz CT molecular complexity index is 339. The quantitative estimate of drug-likeness (QED) is 0.772. The number of nitrogens with one attached hydrogen (secondary N) is 1. The fraction of sp³-hybridized carbons (Fsp3) is 0.455. The summed E-state index contributed by atoms with van der Waals surface area (Å²) in [5.41, 5.74) is 1.38. The van der Waals surface area contributed by atoms with Crippen LogP contribution in [0.2, 0.25) is 0 Å². The Morgan fingerprint density at radius 1 is 1.67 bits per heavy atom. The first-order valence-electron chi connectivity index (χ1n) is 5.02. The van der Waals surface area contributed by atoms with E-state index in [9.17, 15) is 9.90 Å². The summed E-state index contributed by atoms with van der Waals surface area (Å²) in [6, 6.07) is 3.37. The minimum absolute atomic E-state index is 0.173. The van der Waals surface area contributed by atoms with Crippen LogP contribution in [-0.4, -0.2) is 28.6 Å². The molecule has 0 aromatic carbocycles. The van der Waals surface area contributed by atoms with E-state index in [1.165, 1.54) is 0 Å². The van der Waals surface area contributed by atoms with Gasteiger partial charge in [-0.15, -0.1) is 0 Å². The number of rotatable bonds is 4. The molecule has 82 valence electrons. The lowest BCUT2D eigenvalue weighted by molar-refractivity contribution is 0.0913. The fourth-order valence-electron chi connectivity index (χ4n) is 1.14. The number of aryl methyl sites for hydroxylation is 1. The summed E-state index contributed by atoms with van der Waals surface area (Å²) in [5.74, 6) is -0.173. The minimum atomic E-state index is -0.475. The Hall–Kier alpha value is -1.42. The zero-order valence-electron chi connectivity index (χ0n) is 9.03. The third kappa shape index (κ3) is 3.67. The van der Waals surface area contributed by atoms with Crippen LogP contribution >= 0.6 is 0 Å². The standard InChI is InChI=1S/C11H16N2O2/c1-3-10(14)7-13-11(15)9-4-5-12-8(2)6-9/h4-6,10,14H,3,7H2,1-2H3,(H,13,15)/t10-/m1/s1. The zero-order chi connectivity index (χ0) is 11.3. The number of aromatic nitrogens is 1. The van der Waals surface area contributed by atoms with Crippen LogP contribution in [-0.2, 0) is 0 Å². The predicted molar refractivity (Wildman–Crippen MR) is 57.6 cm³/mol. The first kappa shape index (κ1) is 11.7. The molecule has 1 amide bonds. The second-order valence-electron chi connectivity index (χ2n) is 3.46. The Balaban J connectivity index is 2.54. The number of amides is 1. The van der Waals surface area contributed by atoms with Gasteiger partial charge >= 0.3 is 0 Å². The highest BCUT2D eigenvalue weighted by atomic mass is 16.3. The highest BCUT2D eigenvalue weighted by Gasteiger charge is 2.07. The molecule has 1 atom stereocenters. The van der Waals surface area contributed by atoms with Crippen LogP contribution in [0, 0.1) is 6.92 Å². The van der Waals surface area contributed by atoms with Gasteiger partial charge in [-0.1, -0.05) is 6.92 Å². The lowest BCUT2D eigenvalue weighted by Gasteiger charge is -2.09. The van der Waals surface area contributed by atoms with E-state index < -0.39 is 6.10 Å². The summed E-state index contributed by atoms with van der Waals surface area (Å²) in [6.07, 6.45) is 1.76. The molecule has 0 bridgehead atoms. The van der Waals surface area contributed by atoms with Crippen molar-refractivity contribution in [3.8, 4) is 0 Å². The highest BCUT2D eigenvalue weighted by Crippen LogP contribution is 2.00. The lowest BCUT2D eigenvalue weighted by Crippen LogP contribution is -2.31. The van der Waals surface area contributed by atoms with Gasteiger partial charge in [0.1, 0.15) is 0 Å². The van der Waals surface area contributed by atoms with E-state index >= 15 is 0 Å². The molecule has 1 aromatic heterocycles. The van der Waals surface area contributed by atoms with E-state index in [1.54, 1.807) is 18.3 Å². The number of hydrogen-bond acceptors (Lipinski definition) is 3. The van der Waals surface area contributed by atoms with E-state index in [1.807, 2.05) is 13.8 Å². The van der Waals surface area contributed by atoms with Crippen molar-refractivity contribution in [2.45, 2.75) is 26.4 Å². The molecule has 15 heavy (non-hydrogen) atoms. The van der Waals surface area contributed by atoms with Crippen LogP contribution in [0.5, 0.6) is 0 Å². The van der Waals surface area contributed by atoms with Crippen molar-refractivity contribution in [3.63, 3.8) is 0 Å². The summed E-state index contributed by atoms with van der Waals surface area (Å²) in [5, 5.41) is 11.9. The van der Waals surface area contributed by atoms with Crippen molar-refractivity contribution in [2.75, 3.05) is 6.54 Å². The summed E-state index contributed by atoms with van der Waals surface area (Å²) in [4.78, 5) is 15.6. The van der Waals surface area contributed by atoms with Crippen molar-refractivity contribution >= 4 is 5.91 Å². The van der Waals surface area contributed by atoms with Gasteiger partial charge in [-0.2, -0.15) is 0 Å². The number of carbonyl (C=O) groups excluding carboxylic acids is 1. The molecule has 4 heteroatoms. The number of aliphatic hydroxyl groups is 1. The van der Waals surface area contributed by atoms with Gasteiger partial charge in [0, 0.05) is 24.0 Å². The van der Waals surface area contributed by atoms with Crippen LogP contribution < -0.4 is 5.32 Å². The van der Waals surface area contributed by atoms with Crippen molar-refractivity contribution < 1.29 is 9.90 Å². The monoisotopic (exact) mass is 208 g/mol. The Morgan fingerprint density at radius 2 is 2.40 bits per heavy atom. The third-order valence-corrected chi connectivity index (χ3v) is 2.13. The van der Waals surface area contributed by atoms with Gasteiger partial charge in [0.25, 0.3) is 5.91 Å². The van der Waals surface area contributed by atoms with E-state index in [-0.39, 0.29) is 12.5 Å². The molecular weight excluding hydrogens is 192 g/mol. The normalized spacial score (nSPS) is 12.2. The molecule has 0 aliphatic carbocycles. The molecule has 0 radical (unpaired) electrons. The summed E-state index contributed by atoms with van der Waals surface area (Å²) >= 11 is 0. The third-order valence-electron chi connectivity index (χ3n) is 2.13. The zero-order valence-corrected chi connectivity index (χ0v) is 9.03. The maximum absolute atomic E-state index is 11.6. The van der Waals surface area contributed by atoms with Crippen LogP contribution in [0.1, 0.15) is 29.4 Å². The second kappa shape index (κ2) is 5.46. The molecule has 0 saturated carbocycles. The summed E-state index contributed by atoms with van der Waals surface area (Å²) in [6.45, 7) is 3.99. The fourth-order valence-corrected chi connectivity index (χ4v) is 1.14. The molecule has 0 fully saturated rings. The molecule has 2 N–H and O–H groups in total. The molecule has 0 aliphatic heterocycles. The Labute approximate surface area is 89.3 Å². The van der Waals surface area contributed by atoms with Crippen LogP contribution in [0.25, 0.3) is 0 Å². The first-order chi connectivity index (χ1) is 7.13. The lowest BCUT2D eigenvalue weighted by atomic mass is 10.2. The van der Waals surface area contributed by atoms with Gasteiger partial charge in [-0.05, 0) is 25.5 Å². The van der Waals surface area contributed by atoms with E-state index in [0.717, 1.165) is 5.69 Å². The average Bonchev–Trinajstić information content (AvgIpc) is 2.25. The number of carbonyl (C=O) groups is 1. The molecular formula is C11H16N2O2. The predicted octanol–water partition coefficient (Wildman–Crippen LogP) is 0.891. The molecule has 4 nitrogen and oxygen atoms in total. The van der Waals surface area contributed by atoms with Gasteiger partial charge in [-0.25, -0.2) is 0 Å². The number of hydrogen-bond donors (Lipinski definition) is 2. The van der Waals surface area contributed by atoms with Gasteiger partial charge in [0.15, 0.2) is 0 Å². The van der Waals surface area contributed by atoms with Crippen molar-refractivity contribution in [1.29, 1.82) is 0 Å². The van der Waals surface area contributed by atoms with E-state index in [0.29, 0.717) is 12.0 Å².